The molecule has 8 nitrogen and oxygen atoms in total. The molecule has 0 bridgehead atoms. The van der Waals surface area contributed by atoms with Crippen molar-refractivity contribution in [3.63, 3.8) is 0 Å². The predicted octanol–water partition coefficient (Wildman–Crippen LogP) is 2.39. The van der Waals surface area contributed by atoms with Crippen LogP contribution in [0.1, 0.15) is 24.0 Å². The van der Waals surface area contributed by atoms with Gasteiger partial charge in [0.25, 0.3) is 5.91 Å². The van der Waals surface area contributed by atoms with Crippen LogP contribution in [0, 0.1) is 6.92 Å². The lowest BCUT2D eigenvalue weighted by Crippen LogP contribution is -2.38. The molecule has 3 amide bonds. The summed E-state index contributed by atoms with van der Waals surface area (Å²) in [5.41, 5.74) is 4.52. The minimum absolute atomic E-state index is 0.0950. The number of anilines is 1. The third-order valence-corrected chi connectivity index (χ3v) is 4.44. The molecule has 1 fully saturated rings. The van der Waals surface area contributed by atoms with E-state index in [-0.39, 0.29) is 23.6 Å². The Labute approximate surface area is 178 Å². The molecular weight excluding hydrogens is 408 g/mol. The molecule has 2 aromatic rings. The van der Waals surface area contributed by atoms with Crippen LogP contribution >= 0.6 is 11.6 Å². The van der Waals surface area contributed by atoms with Gasteiger partial charge in [-0.05, 0) is 55.7 Å². The lowest BCUT2D eigenvalue weighted by atomic mass is 10.2. The number of carbonyl (C=O) groups excluding carboxylic acids is 3. The number of aryl methyl sites for hydroxylation is 1. The number of hydrogen-bond acceptors (Lipinski definition) is 5. The standard InChI is InChI=1S/C21H21ClN4O4/c1-13-2-5-15(6-3-13)24-19(27)12-30-18-9-4-14(10-17(18)22)11-23-26-21(29)20(28)25-16-7-8-16/h2-6,9-11,16H,7-8,12H2,1H3,(H,24,27)(H,25,28)(H,26,29)/b23-11-. The number of nitrogens with one attached hydrogen (secondary N) is 3. The summed E-state index contributed by atoms with van der Waals surface area (Å²) < 4.78 is 5.46. The van der Waals surface area contributed by atoms with E-state index in [2.05, 4.69) is 21.2 Å². The average molecular weight is 429 g/mol. The summed E-state index contributed by atoms with van der Waals surface area (Å²) in [4.78, 5) is 35.1. The van der Waals surface area contributed by atoms with Crippen LogP contribution in [0.3, 0.4) is 0 Å². The van der Waals surface area contributed by atoms with Crippen LogP contribution in [-0.2, 0) is 14.4 Å². The van der Waals surface area contributed by atoms with E-state index in [9.17, 15) is 14.4 Å². The minimum atomic E-state index is -0.830. The lowest BCUT2D eigenvalue weighted by molar-refractivity contribution is -0.139. The van der Waals surface area contributed by atoms with Crippen molar-refractivity contribution in [2.24, 2.45) is 5.10 Å². The largest absolute Gasteiger partial charge is 0.482 e. The van der Waals surface area contributed by atoms with Gasteiger partial charge in [0, 0.05) is 11.7 Å². The minimum Gasteiger partial charge on any atom is -0.482 e. The van der Waals surface area contributed by atoms with Crippen molar-refractivity contribution >= 4 is 41.2 Å². The Bertz CT molecular complexity index is 971. The van der Waals surface area contributed by atoms with E-state index in [1.807, 2.05) is 31.2 Å². The maximum Gasteiger partial charge on any atom is 0.329 e. The zero-order valence-electron chi connectivity index (χ0n) is 16.3. The Balaban J connectivity index is 1.46. The van der Waals surface area contributed by atoms with Crippen LogP contribution < -0.4 is 20.8 Å². The molecule has 9 heteroatoms. The normalized spacial score (nSPS) is 13.0. The fourth-order valence-corrected chi connectivity index (χ4v) is 2.63. The molecule has 1 saturated carbocycles. The highest BCUT2D eigenvalue weighted by Crippen LogP contribution is 2.25. The summed E-state index contributed by atoms with van der Waals surface area (Å²) in [5, 5.41) is 9.31. The molecule has 0 saturated heterocycles. The number of carbonyl (C=O) groups is 3. The molecular formula is C21H21ClN4O4. The highest BCUT2D eigenvalue weighted by molar-refractivity contribution is 6.35. The molecule has 0 heterocycles. The Hall–Kier alpha value is -3.39. The first-order chi connectivity index (χ1) is 14.4. The van der Waals surface area contributed by atoms with E-state index in [4.69, 9.17) is 16.3 Å². The molecule has 0 aliphatic heterocycles. The zero-order chi connectivity index (χ0) is 21.5. The maximum absolute atomic E-state index is 12.0. The summed E-state index contributed by atoms with van der Waals surface area (Å²) in [6.07, 6.45) is 3.13. The summed E-state index contributed by atoms with van der Waals surface area (Å²) in [6, 6.07) is 12.3. The molecule has 0 aromatic heterocycles. The van der Waals surface area contributed by atoms with Crippen LogP contribution in [0.25, 0.3) is 0 Å². The first-order valence-electron chi connectivity index (χ1n) is 9.33. The first-order valence-corrected chi connectivity index (χ1v) is 9.71. The van der Waals surface area contributed by atoms with Crippen molar-refractivity contribution in [3.05, 3.63) is 58.6 Å². The van der Waals surface area contributed by atoms with Crippen molar-refractivity contribution in [3.8, 4) is 5.75 Å². The molecule has 3 N–H and O–H groups in total. The second-order valence-electron chi connectivity index (χ2n) is 6.84. The van der Waals surface area contributed by atoms with Gasteiger partial charge in [0.05, 0.1) is 11.2 Å². The third-order valence-electron chi connectivity index (χ3n) is 4.15. The molecule has 0 spiro atoms. The van der Waals surface area contributed by atoms with E-state index in [0.717, 1.165) is 18.4 Å². The highest BCUT2D eigenvalue weighted by Gasteiger charge is 2.26. The Kier molecular flexibility index (Phi) is 7.03. The van der Waals surface area contributed by atoms with Gasteiger partial charge in [-0.1, -0.05) is 29.3 Å². The number of rotatable bonds is 7. The predicted molar refractivity (Wildman–Crippen MR) is 114 cm³/mol. The van der Waals surface area contributed by atoms with Gasteiger partial charge in [0.2, 0.25) is 0 Å². The summed E-state index contributed by atoms with van der Waals surface area (Å²) in [7, 11) is 0. The van der Waals surface area contributed by atoms with E-state index in [0.29, 0.717) is 17.0 Å². The maximum atomic E-state index is 12.0. The average Bonchev–Trinajstić information content (AvgIpc) is 3.53. The smallest absolute Gasteiger partial charge is 0.329 e. The Morgan fingerprint density at radius 3 is 2.53 bits per heavy atom. The van der Waals surface area contributed by atoms with Gasteiger partial charge < -0.3 is 15.4 Å². The topological polar surface area (TPSA) is 109 Å². The van der Waals surface area contributed by atoms with Gasteiger partial charge in [-0.25, -0.2) is 5.43 Å². The van der Waals surface area contributed by atoms with E-state index in [1.165, 1.54) is 6.21 Å². The van der Waals surface area contributed by atoms with Gasteiger partial charge in [0.15, 0.2) is 6.61 Å². The van der Waals surface area contributed by atoms with Crippen LogP contribution in [0.5, 0.6) is 5.75 Å². The fraction of sp³-hybridized carbons (Fsp3) is 0.238. The number of halogens is 1. The van der Waals surface area contributed by atoms with Crippen molar-refractivity contribution in [2.75, 3.05) is 11.9 Å². The number of ether oxygens (including phenoxy) is 1. The molecule has 0 radical (unpaired) electrons. The number of nitrogens with zero attached hydrogens (tertiary/aromatic N) is 1. The molecule has 3 rings (SSSR count). The van der Waals surface area contributed by atoms with Crippen LogP contribution in [-0.4, -0.2) is 36.6 Å². The lowest BCUT2D eigenvalue weighted by Gasteiger charge is -2.09. The second-order valence-corrected chi connectivity index (χ2v) is 7.25. The molecule has 0 atom stereocenters. The SMILES string of the molecule is Cc1ccc(NC(=O)COc2ccc(/C=N\NC(=O)C(=O)NC3CC3)cc2Cl)cc1. The molecule has 30 heavy (non-hydrogen) atoms. The fourth-order valence-electron chi connectivity index (χ4n) is 2.39. The van der Waals surface area contributed by atoms with E-state index in [1.54, 1.807) is 18.2 Å². The van der Waals surface area contributed by atoms with E-state index >= 15 is 0 Å². The quantitative estimate of drug-likeness (QED) is 0.357. The van der Waals surface area contributed by atoms with Gasteiger partial charge in [-0.3, -0.25) is 14.4 Å². The molecule has 2 aromatic carbocycles. The zero-order valence-corrected chi connectivity index (χ0v) is 17.0. The van der Waals surface area contributed by atoms with Crippen LogP contribution in [0.2, 0.25) is 5.02 Å². The van der Waals surface area contributed by atoms with Gasteiger partial charge in [-0.15, -0.1) is 0 Å². The molecule has 1 aliphatic rings. The second kappa shape index (κ2) is 9.89. The van der Waals surface area contributed by atoms with Crippen molar-refractivity contribution < 1.29 is 19.1 Å². The van der Waals surface area contributed by atoms with Crippen molar-refractivity contribution in [2.45, 2.75) is 25.8 Å². The summed E-state index contributed by atoms with van der Waals surface area (Å²) in [5.74, 6) is -1.52. The Morgan fingerprint density at radius 1 is 1.13 bits per heavy atom. The van der Waals surface area contributed by atoms with Gasteiger partial charge in [0.1, 0.15) is 5.75 Å². The third kappa shape index (κ3) is 6.59. The number of benzene rings is 2. The highest BCUT2D eigenvalue weighted by atomic mass is 35.5. The summed E-state index contributed by atoms with van der Waals surface area (Å²) in [6.45, 7) is 1.76. The molecule has 0 unspecified atom stereocenters. The van der Waals surface area contributed by atoms with Crippen molar-refractivity contribution in [1.82, 2.24) is 10.7 Å². The van der Waals surface area contributed by atoms with Crippen molar-refractivity contribution in [1.29, 1.82) is 0 Å². The van der Waals surface area contributed by atoms with Gasteiger partial charge >= 0.3 is 11.8 Å². The first kappa shape index (κ1) is 21.3. The van der Waals surface area contributed by atoms with Crippen LogP contribution in [0.4, 0.5) is 5.69 Å². The summed E-state index contributed by atoms with van der Waals surface area (Å²) >= 11 is 6.18. The number of hydrogen-bond donors (Lipinski definition) is 3. The monoisotopic (exact) mass is 428 g/mol. The van der Waals surface area contributed by atoms with Gasteiger partial charge in [-0.2, -0.15) is 5.10 Å². The van der Waals surface area contributed by atoms with Crippen LogP contribution in [0.15, 0.2) is 47.6 Å². The van der Waals surface area contributed by atoms with E-state index < -0.39 is 11.8 Å². The number of hydrazone groups is 1. The number of amides is 3. The Morgan fingerprint density at radius 2 is 1.87 bits per heavy atom. The molecule has 1 aliphatic carbocycles. The molecule has 156 valence electrons.